The Morgan fingerprint density at radius 1 is 1.04 bits per heavy atom. The molecular weight excluding hydrogens is 304 g/mol. The van der Waals surface area contributed by atoms with Crippen molar-refractivity contribution in [3.05, 3.63) is 60.2 Å². The monoisotopic (exact) mass is 322 g/mol. The molecule has 0 saturated heterocycles. The molecule has 3 rings (SSSR count). The minimum atomic E-state index is 0.276. The number of nitrogens with zero attached hydrogens (tertiary/aromatic N) is 4. The second-order valence-corrected chi connectivity index (χ2v) is 5.28. The molecule has 0 bridgehead atoms. The van der Waals surface area contributed by atoms with Crippen molar-refractivity contribution < 1.29 is 5.11 Å². The Hall–Kier alpha value is -3.22. The third-order valence-electron chi connectivity index (χ3n) is 3.31. The number of hydrogen-bond acceptors (Lipinski definition) is 7. The first kappa shape index (κ1) is 15.7. The van der Waals surface area contributed by atoms with E-state index in [1.54, 1.807) is 30.7 Å². The van der Waals surface area contributed by atoms with Gasteiger partial charge in [0.05, 0.1) is 6.20 Å². The van der Waals surface area contributed by atoms with Crippen LogP contribution in [0.5, 0.6) is 5.75 Å². The summed E-state index contributed by atoms with van der Waals surface area (Å²) in [6, 6.07) is 9.07. The zero-order chi connectivity index (χ0) is 16.8. The van der Waals surface area contributed by atoms with E-state index in [9.17, 15) is 5.11 Å². The van der Waals surface area contributed by atoms with Gasteiger partial charge in [-0.05, 0) is 31.0 Å². The molecule has 0 atom stereocenters. The molecule has 24 heavy (non-hydrogen) atoms. The molecule has 0 fully saturated rings. The van der Waals surface area contributed by atoms with Crippen LogP contribution >= 0.6 is 0 Å². The van der Waals surface area contributed by atoms with Crippen LogP contribution in [0.25, 0.3) is 0 Å². The first-order chi connectivity index (χ1) is 11.7. The lowest BCUT2D eigenvalue weighted by molar-refractivity contribution is 0.475. The largest absolute Gasteiger partial charge is 0.508 e. The van der Waals surface area contributed by atoms with Crippen molar-refractivity contribution in [2.45, 2.75) is 13.3 Å². The average Bonchev–Trinajstić information content (AvgIpc) is 2.57. The molecule has 0 aliphatic rings. The summed E-state index contributed by atoms with van der Waals surface area (Å²) in [5.41, 5.74) is 1.99. The number of hydrogen-bond donors (Lipinski definition) is 3. The first-order valence-electron chi connectivity index (χ1n) is 7.59. The molecule has 1 aromatic carbocycles. The summed E-state index contributed by atoms with van der Waals surface area (Å²) in [4.78, 5) is 16.9. The molecule has 0 amide bonds. The van der Waals surface area contributed by atoms with E-state index in [2.05, 4.69) is 30.6 Å². The maximum atomic E-state index is 9.29. The van der Waals surface area contributed by atoms with Crippen molar-refractivity contribution in [1.29, 1.82) is 0 Å². The van der Waals surface area contributed by atoms with E-state index in [1.807, 2.05) is 25.1 Å². The van der Waals surface area contributed by atoms with Crippen LogP contribution in [0.1, 0.15) is 11.3 Å². The Morgan fingerprint density at radius 3 is 2.62 bits per heavy atom. The molecule has 2 heterocycles. The van der Waals surface area contributed by atoms with Crippen LogP contribution in [-0.2, 0) is 6.42 Å². The zero-order valence-corrected chi connectivity index (χ0v) is 13.3. The van der Waals surface area contributed by atoms with Crippen LogP contribution in [0.4, 0.5) is 17.6 Å². The Morgan fingerprint density at radius 2 is 1.88 bits per heavy atom. The Balaban J connectivity index is 1.62. The number of aromatic hydroxyl groups is 1. The summed E-state index contributed by atoms with van der Waals surface area (Å²) in [6.45, 7) is 2.64. The number of nitrogens with one attached hydrogen (secondary N) is 2. The number of aryl methyl sites for hydroxylation is 1. The molecule has 0 unspecified atom stereocenters. The minimum absolute atomic E-state index is 0.276. The van der Waals surface area contributed by atoms with E-state index < -0.39 is 0 Å². The van der Waals surface area contributed by atoms with Gasteiger partial charge in [0.15, 0.2) is 5.82 Å². The Kier molecular flexibility index (Phi) is 4.81. The van der Waals surface area contributed by atoms with E-state index in [4.69, 9.17) is 0 Å². The highest BCUT2D eigenvalue weighted by molar-refractivity contribution is 5.50. The highest BCUT2D eigenvalue weighted by atomic mass is 16.3. The molecule has 3 aromatic rings. The molecule has 122 valence electrons. The van der Waals surface area contributed by atoms with Crippen LogP contribution in [0.2, 0.25) is 0 Å². The molecule has 0 radical (unpaired) electrons. The molecule has 0 spiro atoms. The fraction of sp³-hybridized carbons (Fsp3) is 0.176. The molecule has 7 nitrogen and oxygen atoms in total. The maximum absolute atomic E-state index is 9.29. The fourth-order valence-corrected chi connectivity index (χ4v) is 2.19. The Labute approximate surface area is 139 Å². The van der Waals surface area contributed by atoms with Crippen LogP contribution < -0.4 is 10.6 Å². The standard InChI is InChI=1S/C17H18N6O/c1-12-10-15(19-7-6-13-2-4-14(24)5-3-13)22-17(21-12)23-16-11-18-8-9-20-16/h2-5,8-11,24H,6-7H2,1H3,(H2,19,20,21,22,23). The molecule has 0 aliphatic carbocycles. The predicted octanol–water partition coefficient (Wildman–Crippen LogP) is 2.68. The van der Waals surface area contributed by atoms with Gasteiger partial charge in [0.1, 0.15) is 11.6 Å². The quantitative estimate of drug-likeness (QED) is 0.642. The Bertz CT molecular complexity index is 792. The lowest BCUT2D eigenvalue weighted by Crippen LogP contribution is -2.09. The van der Waals surface area contributed by atoms with E-state index in [-0.39, 0.29) is 5.75 Å². The van der Waals surface area contributed by atoms with Crippen LogP contribution in [-0.4, -0.2) is 31.6 Å². The predicted molar refractivity (Wildman–Crippen MR) is 92.4 cm³/mol. The van der Waals surface area contributed by atoms with Crippen molar-refractivity contribution >= 4 is 17.6 Å². The summed E-state index contributed by atoms with van der Waals surface area (Å²) < 4.78 is 0. The van der Waals surface area contributed by atoms with Crippen molar-refractivity contribution in [3.63, 3.8) is 0 Å². The molecule has 0 saturated carbocycles. The molecule has 2 aromatic heterocycles. The van der Waals surface area contributed by atoms with Crippen LogP contribution in [0.15, 0.2) is 48.9 Å². The van der Waals surface area contributed by atoms with Crippen LogP contribution in [0.3, 0.4) is 0 Å². The summed E-state index contributed by atoms with van der Waals surface area (Å²) in [5.74, 6) is 2.09. The third kappa shape index (κ3) is 4.39. The normalized spacial score (nSPS) is 10.4. The molecular formula is C17H18N6O. The van der Waals surface area contributed by atoms with Crippen molar-refractivity contribution in [2.24, 2.45) is 0 Å². The van der Waals surface area contributed by atoms with Gasteiger partial charge in [-0.3, -0.25) is 4.98 Å². The van der Waals surface area contributed by atoms with E-state index >= 15 is 0 Å². The summed E-state index contributed by atoms with van der Waals surface area (Å²) in [5, 5.41) is 15.6. The number of benzene rings is 1. The highest BCUT2D eigenvalue weighted by Gasteiger charge is 2.04. The van der Waals surface area contributed by atoms with Crippen LogP contribution in [0, 0.1) is 6.92 Å². The zero-order valence-electron chi connectivity index (χ0n) is 13.3. The van der Waals surface area contributed by atoms with Gasteiger partial charge in [0.25, 0.3) is 0 Å². The van der Waals surface area contributed by atoms with Gasteiger partial charge >= 0.3 is 0 Å². The number of rotatable bonds is 6. The maximum Gasteiger partial charge on any atom is 0.230 e. The number of phenolic OH excluding ortho intramolecular Hbond substituents is 1. The van der Waals surface area contributed by atoms with E-state index in [0.717, 1.165) is 30.0 Å². The number of anilines is 3. The van der Waals surface area contributed by atoms with Gasteiger partial charge in [-0.1, -0.05) is 12.1 Å². The fourth-order valence-electron chi connectivity index (χ4n) is 2.19. The van der Waals surface area contributed by atoms with Gasteiger partial charge in [0, 0.05) is 30.7 Å². The number of phenols is 1. The van der Waals surface area contributed by atoms with E-state index in [1.165, 1.54) is 0 Å². The smallest absolute Gasteiger partial charge is 0.230 e. The topological polar surface area (TPSA) is 95.8 Å². The van der Waals surface area contributed by atoms with Gasteiger partial charge in [-0.25, -0.2) is 9.97 Å². The molecule has 3 N–H and O–H groups in total. The second kappa shape index (κ2) is 7.36. The first-order valence-corrected chi connectivity index (χ1v) is 7.59. The second-order valence-electron chi connectivity index (χ2n) is 5.28. The van der Waals surface area contributed by atoms with Crippen molar-refractivity contribution in [2.75, 3.05) is 17.2 Å². The van der Waals surface area contributed by atoms with Gasteiger partial charge < -0.3 is 15.7 Å². The number of aromatic nitrogens is 4. The van der Waals surface area contributed by atoms with Crippen molar-refractivity contribution in [3.8, 4) is 5.75 Å². The van der Waals surface area contributed by atoms with Gasteiger partial charge in [0.2, 0.25) is 5.95 Å². The molecule has 0 aliphatic heterocycles. The lowest BCUT2D eigenvalue weighted by atomic mass is 10.1. The third-order valence-corrected chi connectivity index (χ3v) is 3.31. The summed E-state index contributed by atoms with van der Waals surface area (Å²) >= 11 is 0. The lowest BCUT2D eigenvalue weighted by Gasteiger charge is -2.09. The van der Waals surface area contributed by atoms with Gasteiger partial charge in [-0.2, -0.15) is 4.98 Å². The summed E-state index contributed by atoms with van der Waals surface area (Å²) in [7, 11) is 0. The van der Waals surface area contributed by atoms with E-state index in [0.29, 0.717) is 11.8 Å². The summed E-state index contributed by atoms with van der Waals surface area (Å²) in [6.07, 6.45) is 5.66. The SMILES string of the molecule is Cc1cc(NCCc2ccc(O)cc2)nc(Nc2cnccn2)n1. The minimum Gasteiger partial charge on any atom is -0.508 e. The van der Waals surface area contributed by atoms with Crippen molar-refractivity contribution in [1.82, 2.24) is 19.9 Å². The van der Waals surface area contributed by atoms with Gasteiger partial charge in [-0.15, -0.1) is 0 Å². The average molecular weight is 322 g/mol. The molecule has 7 heteroatoms. The highest BCUT2D eigenvalue weighted by Crippen LogP contribution is 2.14.